The summed E-state index contributed by atoms with van der Waals surface area (Å²) in [6, 6.07) is 11.5. The van der Waals surface area contributed by atoms with Gasteiger partial charge in [-0.25, -0.2) is 0 Å². The Morgan fingerprint density at radius 2 is 1.90 bits per heavy atom. The van der Waals surface area contributed by atoms with Crippen LogP contribution in [0.5, 0.6) is 11.5 Å². The van der Waals surface area contributed by atoms with E-state index in [0.29, 0.717) is 29.6 Å². The number of nitrogens with zero attached hydrogens (tertiary/aromatic N) is 1. The first-order valence-electron chi connectivity index (χ1n) is 10.6. The van der Waals surface area contributed by atoms with E-state index >= 15 is 0 Å². The molecule has 6 heteroatoms. The second kappa shape index (κ2) is 9.54. The molecule has 2 heterocycles. The fraction of sp³-hybridized carbons (Fsp3) is 0.400. The van der Waals surface area contributed by atoms with Crippen molar-refractivity contribution in [2.24, 2.45) is 0 Å². The highest BCUT2D eigenvalue weighted by Gasteiger charge is 2.22. The molecule has 0 amide bonds. The molecule has 1 atom stereocenters. The van der Waals surface area contributed by atoms with E-state index in [1.54, 1.807) is 20.5 Å². The summed E-state index contributed by atoms with van der Waals surface area (Å²) in [6.45, 7) is 4.56. The number of methoxy groups -OCH3 is 2. The van der Waals surface area contributed by atoms with Crippen molar-refractivity contribution in [3.05, 3.63) is 69.6 Å². The Hall–Kier alpha value is -2.83. The first-order chi connectivity index (χ1) is 15.1. The molecule has 3 aromatic rings. The second-order valence-corrected chi connectivity index (χ2v) is 8.07. The zero-order valence-electron chi connectivity index (χ0n) is 18.3. The second-order valence-electron chi connectivity index (χ2n) is 8.07. The largest absolute Gasteiger partial charge is 0.497 e. The average Bonchev–Trinajstić information content (AvgIpc) is 3.29. The van der Waals surface area contributed by atoms with Crippen molar-refractivity contribution in [1.29, 1.82) is 0 Å². The topological polar surface area (TPSA) is 61.1 Å². The molecular formula is C25H29NO5. The van der Waals surface area contributed by atoms with Gasteiger partial charge in [-0.2, -0.15) is 0 Å². The van der Waals surface area contributed by atoms with Crippen molar-refractivity contribution >= 4 is 11.0 Å². The van der Waals surface area contributed by atoms with E-state index in [0.717, 1.165) is 48.6 Å². The van der Waals surface area contributed by atoms with Crippen LogP contribution in [-0.4, -0.2) is 38.4 Å². The van der Waals surface area contributed by atoms with Crippen LogP contribution in [0.25, 0.3) is 11.0 Å². The molecule has 4 rings (SSSR count). The standard InChI is InChI=1S/C25H29NO5/c1-17-6-8-24-22(11-17)25(27)19(16-31-24)14-26(15-21-5-4-10-30-21)13-18-12-20(28-2)7-9-23(18)29-3/h6-9,11-12,16,21H,4-5,10,13-15H2,1-3H3/t21-/m0/s1. The minimum atomic E-state index is 0.0138. The summed E-state index contributed by atoms with van der Waals surface area (Å²) < 4.78 is 22.6. The zero-order valence-corrected chi connectivity index (χ0v) is 18.3. The molecule has 0 aliphatic carbocycles. The summed E-state index contributed by atoms with van der Waals surface area (Å²) in [4.78, 5) is 15.4. The molecule has 1 saturated heterocycles. The molecule has 0 bridgehead atoms. The summed E-state index contributed by atoms with van der Waals surface area (Å²) >= 11 is 0. The molecule has 31 heavy (non-hydrogen) atoms. The zero-order chi connectivity index (χ0) is 21.8. The minimum Gasteiger partial charge on any atom is -0.497 e. The smallest absolute Gasteiger partial charge is 0.197 e. The maximum Gasteiger partial charge on any atom is 0.197 e. The predicted molar refractivity (Wildman–Crippen MR) is 120 cm³/mol. The Labute approximate surface area is 182 Å². The van der Waals surface area contributed by atoms with Crippen LogP contribution >= 0.6 is 0 Å². The Morgan fingerprint density at radius 1 is 1.06 bits per heavy atom. The molecule has 164 valence electrons. The summed E-state index contributed by atoms with van der Waals surface area (Å²) in [7, 11) is 3.31. The van der Waals surface area contributed by atoms with E-state index in [-0.39, 0.29) is 11.5 Å². The van der Waals surface area contributed by atoms with Gasteiger partial charge in [-0.05, 0) is 50.1 Å². The fourth-order valence-corrected chi connectivity index (χ4v) is 4.14. The van der Waals surface area contributed by atoms with Crippen LogP contribution in [0.2, 0.25) is 0 Å². The Morgan fingerprint density at radius 3 is 2.65 bits per heavy atom. The number of rotatable bonds is 8. The third kappa shape index (κ3) is 4.92. The lowest BCUT2D eigenvalue weighted by Crippen LogP contribution is -2.33. The molecule has 2 aromatic carbocycles. The highest BCUT2D eigenvalue weighted by Crippen LogP contribution is 2.27. The molecule has 1 fully saturated rings. The first-order valence-corrected chi connectivity index (χ1v) is 10.6. The van der Waals surface area contributed by atoms with E-state index in [9.17, 15) is 4.79 Å². The van der Waals surface area contributed by atoms with Crippen molar-refractivity contribution in [1.82, 2.24) is 4.90 Å². The van der Waals surface area contributed by atoms with Crippen LogP contribution in [0.4, 0.5) is 0 Å². The summed E-state index contributed by atoms with van der Waals surface area (Å²) in [5.41, 5.74) is 3.30. The van der Waals surface area contributed by atoms with Crippen LogP contribution in [-0.2, 0) is 17.8 Å². The maximum atomic E-state index is 13.2. The summed E-state index contributed by atoms with van der Waals surface area (Å²) in [5.74, 6) is 1.56. The number of aryl methyl sites for hydroxylation is 1. The first kappa shape index (κ1) is 21.4. The van der Waals surface area contributed by atoms with Crippen LogP contribution < -0.4 is 14.9 Å². The van der Waals surface area contributed by atoms with Gasteiger partial charge < -0.3 is 18.6 Å². The Kier molecular flexibility index (Phi) is 6.59. The van der Waals surface area contributed by atoms with Crippen LogP contribution in [0.15, 0.2) is 51.9 Å². The molecule has 1 aliphatic heterocycles. The van der Waals surface area contributed by atoms with E-state index in [1.807, 2.05) is 43.3 Å². The molecule has 0 unspecified atom stereocenters. The van der Waals surface area contributed by atoms with Crippen molar-refractivity contribution in [2.75, 3.05) is 27.4 Å². The maximum absolute atomic E-state index is 13.2. The van der Waals surface area contributed by atoms with Gasteiger partial charge in [0.2, 0.25) is 0 Å². The SMILES string of the molecule is COc1ccc(OC)c(CN(Cc2coc3ccc(C)cc3c2=O)C[C@@H]2CCCO2)c1. The molecular weight excluding hydrogens is 394 g/mol. The van der Waals surface area contributed by atoms with Gasteiger partial charge in [0, 0.05) is 37.4 Å². The molecule has 6 nitrogen and oxygen atoms in total. The van der Waals surface area contributed by atoms with Gasteiger partial charge in [0.25, 0.3) is 0 Å². The van der Waals surface area contributed by atoms with Gasteiger partial charge in [0.05, 0.1) is 32.0 Å². The number of hydrogen-bond donors (Lipinski definition) is 0. The Bertz CT molecular complexity index is 1100. The number of fused-ring (bicyclic) bond motifs is 1. The van der Waals surface area contributed by atoms with E-state index < -0.39 is 0 Å². The van der Waals surface area contributed by atoms with E-state index in [2.05, 4.69) is 4.90 Å². The lowest BCUT2D eigenvalue weighted by molar-refractivity contribution is 0.0673. The summed E-state index contributed by atoms with van der Waals surface area (Å²) in [6.07, 6.45) is 3.84. The monoisotopic (exact) mass is 423 g/mol. The molecule has 0 N–H and O–H groups in total. The molecule has 0 saturated carbocycles. The van der Waals surface area contributed by atoms with Crippen molar-refractivity contribution in [3.63, 3.8) is 0 Å². The lowest BCUT2D eigenvalue weighted by Gasteiger charge is -2.26. The highest BCUT2D eigenvalue weighted by atomic mass is 16.5. The van der Waals surface area contributed by atoms with Crippen LogP contribution in [0, 0.1) is 6.92 Å². The van der Waals surface area contributed by atoms with Gasteiger partial charge in [0.1, 0.15) is 17.1 Å². The summed E-state index contributed by atoms with van der Waals surface area (Å²) in [5, 5.41) is 0.619. The minimum absolute atomic E-state index is 0.0138. The van der Waals surface area contributed by atoms with Gasteiger partial charge in [-0.1, -0.05) is 11.6 Å². The van der Waals surface area contributed by atoms with E-state index in [1.165, 1.54) is 0 Å². The normalized spacial score (nSPS) is 16.2. The van der Waals surface area contributed by atoms with Crippen LogP contribution in [0.3, 0.4) is 0 Å². The number of hydrogen-bond acceptors (Lipinski definition) is 6. The van der Waals surface area contributed by atoms with E-state index in [4.69, 9.17) is 18.6 Å². The highest BCUT2D eigenvalue weighted by molar-refractivity contribution is 5.77. The van der Waals surface area contributed by atoms with Gasteiger partial charge in [-0.3, -0.25) is 9.69 Å². The lowest BCUT2D eigenvalue weighted by atomic mass is 10.1. The molecule has 0 radical (unpaired) electrons. The van der Waals surface area contributed by atoms with Crippen LogP contribution in [0.1, 0.15) is 29.5 Å². The molecule has 1 aliphatic rings. The van der Waals surface area contributed by atoms with Crippen molar-refractivity contribution in [2.45, 2.75) is 39.0 Å². The molecule has 0 spiro atoms. The third-order valence-corrected chi connectivity index (χ3v) is 5.76. The third-order valence-electron chi connectivity index (χ3n) is 5.76. The van der Waals surface area contributed by atoms with Crippen molar-refractivity contribution in [3.8, 4) is 11.5 Å². The van der Waals surface area contributed by atoms with Gasteiger partial charge in [-0.15, -0.1) is 0 Å². The number of benzene rings is 2. The van der Waals surface area contributed by atoms with Gasteiger partial charge >= 0.3 is 0 Å². The van der Waals surface area contributed by atoms with Crippen molar-refractivity contribution < 1.29 is 18.6 Å². The van der Waals surface area contributed by atoms with Gasteiger partial charge in [0.15, 0.2) is 5.43 Å². The Balaban J connectivity index is 1.65. The predicted octanol–water partition coefficient (Wildman–Crippen LogP) is 4.30. The number of ether oxygens (including phenoxy) is 3. The molecule has 1 aromatic heterocycles. The fourth-order valence-electron chi connectivity index (χ4n) is 4.14. The average molecular weight is 424 g/mol. The quantitative estimate of drug-likeness (QED) is 0.538.